The molecule has 1 saturated heterocycles. The van der Waals surface area contributed by atoms with Crippen LogP contribution in [0.25, 0.3) is 10.8 Å². The Kier molecular flexibility index (Phi) is 6.75. The molecule has 0 spiro atoms. The molecule has 1 aliphatic heterocycles. The van der Waals surface area contributed by atoms with E-state index in [9.17, 15) is 4.21 Å². The molecule has 152 valence electrons. The molecular formula is C25H29NO2S. The lowest BCUT2D eigenvalue weighted by Crippen LogP contribution is -2.46. The van der Waals surface area contributed by atoms with Crippen molar-refractivity contribution >= 4 is 21.6 Å². The quantitative estimate of drug-likeness (QED) is 0.576. The van der Waals surface area contributed by atoms with Crippen molar-refractivity contribution in [3.8, 4) is 0 Å². The van der Waals surface area contributed by atoms with E-state index in [0.717, 1.165) is 37.4 Å². The molecule has 3 nitrogen and oxygen atoms in total. The summed E-state index contributed by atoms with van der Waals surface area (Å²) in [5.74, 6) is 0.959. The van der Waals surface area contributed by atoms with E-state index >= 15 is 0 Å². The lowest BCUT2D eigenvalue weighted by atomic mass is 9.95. The predicted molar refractivity (Wildman–Crippen MR) is 121 cm³/mol. The number of rotatable bonds is 7. The fraction of sp³-hybridized carbons (Fsp3) is 0.360. The lowest BCUT2D eigenvalue weighted by molar-refractivity contribution is 0.00240. The minimum atomic E-state index is -0.981. The molecule has 3 unspecified atom stereocenters. The average molecular weight is 408 g/mol. The minimum Gasteiger partial charge on any atom is -0.381 e. The summed E-state index contributed by atoms with van der Waals surface area (Å²) in [5, 5.41) is 2.60. The highest BCUT2D eigenvalue weighted by Crippen LogP contribution is 2.23. The lowest BCUT2D eigenvalue weighted by Gasteiger charge is -2.37. The van der Waals surface area contributed by atoms with Crippen LogP contribution in [0.15, 0.2) is 77.7 Å². The van der Waals surface area contributed by atoms with Gasteiger partial charge in [0.05, 0.1) is 16.9 Å². The number of piperidine rings is 1. The maximum absolute atomic E-state index is 12.8. The van der Waals surface area contributed by atoms with Crippen molar-refractivity contribution in [1.82, 2.24) is 4.90 Å². The second-order valence-electron chi connectivity index (χ2n) is 7.88. The summed E-state index contributed by atoms with van der Waals surface area (Å²) in [7, 11) is 0.805. The summed E-state index contributed by atoms with van der Waals surface area (Å²) >= 11 is 0. The van der Waals surface area contributed by atoms with Crippen LogP contribution in [0.1, 0.15) is 12.0 Å². The third-order valence-electron chi connectivity index (χ3n) is 5.95. The molecule has 3 aromatic carbocycles. The Balaban J connectivity index is 1.37. The highest BCUT2D eigenvalue weighted by Gasteiger charge is 2.30. The van der Waals surface area contributed by atoms with E-state index in [2.05, 4.69) is 47.4 Å². The van der Waals surface area contributed by atoms with Gasteiger partial charge >= 0.3 is 0 Å². The molecule has 0 amide bonds. The maximum atomic E-state index is 12.8. The number of hydrogen-bond donors (Lipinski definition) is 0. The van der Waals surface area contributed by atoms with Crippen molar-refractivity contribution in [1.29, 1.82) is 0 Å². The van der Waals surface area contributed by atoms with E-state index in [4.69, 9.17) is 4.74 Å². The minimum absolute atomic E-state index is 0.194. The number of nitrogens with zero attached hydrogens (tertiary/aromatic N) is 1. The topological polar surface area (TPSA) is 29.5 Å². The van der Waals surface area contributed by atoms with E-state index in [-0.39, 0.29) is 6.10 Å². The molecule has 1 heterocycles. The number of ether oxygens (including phenoxy) is 1. The van der Waals surface area contributed by atoms with Crippen molar-refractivity contribution in [3.05, 3.63) is 78.4 Å². The third kappa shape index (κ3) is 5.13. The number of hydrogen-bond acceptors (Lipinski definition) is 3. The van der Waals surface area contributed by atoms with Crippen LogP contribution in [-0.4, -0.2) is 47.7 Å². The van der Waals surface area contributed by atoms with E-state index < -0.39 is 10.8 Å². The van der Waals surface area contributed by atoms with Crippen LogP contribution >= 0.6 is 0 Å². The molecule has 0 aliphatic carbocycles. The van der Waals surface area contributed by atoms with Crippen LogP contribution in [0.4, 0.5) is 0 Å². The van der Waals surface area contributed by atoms with Gasteiger partial charge in [0.1, 0.15) is 0 Å². The van der Waals surface area contributed by atoms with Crippen molar-refractivity contribution in [3.63, 3.8) is 0 Å². The van der Waals surface area contributed by atoms with Crippen LogP contribution in [0.2, 0.25) is 0 Å². The highest BCUT2D eigenvalue weighted by molar-refractivity contribution is 7.85. The van der Waals surface area contributed by atoms with E-state index in [0.29, 0.717) is 11.7 Å². The van der Waals surface area contributed by atoms with Crippen molar-refractivity contribution < 1.29 is 8.95 Å². The molecule has 0 saturated carbocycles. The predicted octanol–water partition coefficient (Wildman–Crippen LogP) is 4.53. The monoisotopic (exact) mass is 407 g/mol. The Morgan fingerprint density at radius 2 is 1.76 bits per heavy atom. The Labute approximate surface area is 176 Å². The van der Waals surface area contributed by atoms with Crippen LogP contribution < -0.4 is 0 Å². The molecule has 1 aliphatic rings. The van der Waals surface area contributed by atoms with E-state index in [1.54, 1.807) is 7.11 Å². The molecule has 0 radical (unpaired) electrons. The van der Waals surface area contributed by atoms with Gasteiger partial charge in [-0.1, -0.05) is 60.7 Å². The zero-order valence-electron chi connectivity index (χ0n) is 17.0. The molecule has 29 heavy (non-hydrogen) atoms. The Morgan fingerprint density at radius 1 is 1.00 bits per heavy atom. The van der Waals surface area contributed by atoms with Crippen LogP contribution in [-0.2, 0) is 22.0 Å². The molecule has 0 N–H and O–H groups in total. The van der Waals surface area contributed by atoms with Crippen molar-refractivity contribution in [2.45, 2.75) is 23.8 Å². The van der Waals surface area contributed by atoms with Crippen LogP contribution in [0.5, 0.6) is 0 Å². The van der Waals surface area contributed by atoms with Gasteiger partial charge in [-0.15, -0.1) is 0 Å². The number of benzene rings is 3. The zero-order valence-corrected chi connectivity index (χ0v) is 17.8. The molecular weight excluding hydrogens is 378 g/mol. The Bertz CT molecular complexity index is 959. The van der Waals surface area contributed by atoms with Crippen molar-refractivity contribution in [2.24, 2.45) is 5.92 Å². The first-order valence-corrected chi connectivity index (χ1v) is 11.7. The summed E-state index contributed by atoms with van der Waals surface area (Å²) < 4.78 is 18.6. The molecule has 1 fully saturated rings. The second-order valence-corrected chi connectivity index (χ2v) is 9.38. The summed E-state index contributed by atoms with van der Waals surface area (Å²) in [6, 6.07) is 25.1. The zero-order chi connectivity index (χ0) is 20.1. The van der Waals surface area contributed by atoms with Gasteiger partial charge in [-0.05, 0) is 41.3 Å². The van der Waals surface area contributed by atoms with Gasteiger partial charge in [-0.3, -0.25) is 4.21 Å². The first-order valence-electron chi connectivity index (χ1n) is 10.4. The smallest absolute Gasteiger partial charge is 0.0632 e. The van der Waals surface area contributed by atoms with Gasteiger partial charge in [0.2, 0.25) is 0 Å². The molecule has 4 rings (SSSR count). The van der Waals surface area contributed by atoms with Crippen LogP contribution in [0, 0.1) is 5.92 Å². The number of likely N-dealkylation sites (tertiary alicyclic amines) is 1. The summed E-state index contributed by atoms with van der Waals surface area (Å²) in [6.45, 7) is 3.02. The summed E-state index contributed by atoms with van der Waals surface area (Å²) in [4.78, 5) is 3.42. The first-order chi connectivity index (χ1) is 14.2. The van der Waals surface area contributed by atoms with E-state index in [1.165, 1.54) is 16.3 Å². The fourth-order valence-corrected chi connectivity index (χ4v) is 5.67. The van der Waals surface area contributed by atoms with Crippen LogP contribution in [0.3, 0.4) is 0 Å². The van der Waals surface area contributed by atoms with Gasteiger partial charge in [0.15, 0.2) is 0 Å². The van der Waals surface area contributed by atoms with Gasteiger partial charge in [-0.2, -0.15) is 0 Å². The Morgan fingerprint density at radius 3 is 2.55 bits per heavy atom. The van der Waals surface area contributed by atoms with E-state index in [1.807, 2.05) is 30.3 Å². The largest absolute Gasteiger partial charge is 0.381 e. The molecule has 3 aromatic rings. The standard InChI is InChI=1S/C25H29NO2S/c1-28-25-14-16-26(18-23(25)19-29(27)24-9-3-2-4-10-24)15-13-20-11-12-21-7-5-6-8-22(21)17-20/h2-12,17,23,25H,13-16,18-19H2,1H3. The fourth-order valence-electron chi connectivity index (χ4n) is 4.30. The number of methoxy groups -OCH3 is 1. The van der Waals surface area contributed by atoms with Crippen molar-refractivity contribution in [2.75, 3.05) is 32.5 Å². The SMILES string of the molecule is COC1CCN(CCc2ccc3ccccc3c2)CC1CS(=O)c1ccccc1. The molecule has 0 bridgehead atoms. The molecule has 0 aromatic heterocycles. The summed E-state index contributed by atoms with van der Waals surface area (Å²) in [5.41, 5.74) is 1.38. The van der Waals surface area contributed by atoms with Gasteiger partial charge in [-0.25, -0.2) is 0 Å². The van der Waals surface area contributed by atoms with Gasteiger partial charge in [0.25, 0.3) is 0 Å². The average Bonchev–Trinajstić information content (AvgIpc) is 2.78. The normalized spacial score (nSPS) is 21.3. The Hall–Kier alpha value is -2.01. The second kappa shape index (κ2) is 9.66. The van der Waals surface area contributed by atoms with Gasteiger partial charge in [0, 0.05) is 43.3 Å². The third-order valence-corrected chi connectivity index (χ3v) is 7.48. The number of fused-ring (bicyclic) bond motifs is 1. The summed E-state index contributed by atoms with van der Waals surface area (Å²) in [6.07, 6.45) is 2.24. The maximum Gasteiger partial charge on any atom is 0.0632 e. The molecule has 4 heteroatoms. The molecule has 3 atom stereocenters. The first kappa shape index (κ1) is 20.3. The highest BCUT2D eigenvalue weighted by atomic mass is 32.2. The van der Waals surface area contributed by atoms with Gasteiger partial charge < -0.3 is 9.64 Å².